The third-order valence-corrected chi connectivity index (χ3v) is 3.06. The molecule has 2 rings (SSSR count). The second-order valence-electron chi connectivity index (χ2n) is 4.02. The number of rotatable bonds is 5. The number of benzene rings is 1. The third-order valence-electron chi connectivity index (χ3n) is 2.82. The molecule has 0 atom stereocenters. The molecule has 2 aromatic rings. The minimum absolute atomic E-state index is 0.0969. The Labute approximate surface area is 120 Å². The van der Waals surface area contributed by atoms with Crippen LogP contribution in [0.5, 0.6) is 0 Å². The second kappa shape index (κ2) is 6.44. The van der Waals surface area contributed by atoms with E-state index in [1.165, 1.54) is 15.9 Å². The number of likely N-dealkylation sites (N-methyl/N-ethyl adjacent to an activating group) is 1. The fraction of sp³-hybridized carbons (Fsp3) is 0.333. The molecule has 0 radical (unpaired) electrons. The highest BCUT2D eigenvalue weighted by Crippen LogP contribution is 2.20. The monoisotopic (exact) mass is 295 g/mol. The van der Waals surface area contributed by atoms with E-state index < -0.39 is 0 Å². The molecule has 0 aliphatic carbocycles. The van der Waals surface area contributed by atoms with Crippen molar-refractivity contribution < 1.29 is 9.90 Å². The van der Waals surface area contributed by atoms with E-state index in [-0.39, 0.29) is 19.1 Å². The molecule has 0 saturated heterocycles. The van der Waals surface area contributed by atoms with E-state index in [1.807, 2.05) is 6.92 Å². The Morgan fingerprint density at radius 1 is 1.50 bits per heavy atom. The number of nitrogens with zero attached hydrogens (tertiary/aromatic N) is 5. The van der Waals surface area contributed by atoms with Crippen LogP contribution in [0, 0.1) is 0 Å². The van der Waals surface area contributed by atoms with Crippen LogP contribution >= 0.6 is 11.6 Å². The van der Waals surface area contributed by atoms with Gasteiger partial charge in [-0.15, -0.1) is 5.10 Å². The normalized spacial score (nSPS) is 10.6. The molecule has 7 nitrogen and oxygen atoms in total. The Hall–Kier alpha value is -1.99. The zero-order valence-corrected chi connectivity index (χ0v) is 11.7. The summed E-state index contributed by atoms with van der Waals surface area (Å²) < 4.78 is 1.40. The maximum absolute atomic E-state index is 12.5. The minimum atomic E-state index is -0.227. The van der Waals surface area contributed by atoms with Gasteiger partial charge in [-0.3, -0.25) is 4.79 Å². The van der Waals surface area contributed by atoms with Gasteiger partial charge in [-0.25, -0.2) is 0 Å². The summed E-state index contributed by atoms with van der Waals surface area (Å²) in [6.07, 6.45) is 1.41. The summed E-state index contributed by atoms with van der Waals surface area (Å²) in [6.45, 7) is 2.49. The van der Waals surface area contributed by atoms with Gasteiger partial charge in [-0.2, -0.15) is 4.68 Å². The van der Waals surface area contributed by atoms with Gasteiger partial charge in [-0.1, -0.05) is 11.6 Å². The van der Waals surface area contributed by atoms with E-state index in [9.17, 15) is 4.79 Å². The zero-order chi connectivity index (χ0) is 14.5. The van der Waals surface area contributed by atoms with Gasteiger partial charge < -0.3 is 10.0 Å². The van der Waals surface area contributed by atoms with Crippen LogP contribution in [0.15, 0.2) is 24.5 Å². The van der Waals surface area contributed by atoms with Crippen LogP contribution in [0.3, 0.4) is 0 Å². The Morgan fingerprint density at radius 2 is 2.30 bits per heavy atom. The number of hydrogen-bond acceptors (Lipinski definition) is 5. The van der Waals surface area contributed by atoms with Gasteiger partial charge in [0.15, 0.2) is 0 Å². The minimum Gasteiger partial charge on any atom is -0.395 e. The van der Waals surface area contributed by atoms with Gasteiger partial charge in [0.2, 0.25) is 0 Å². The molecule has 106 valence electrons. The van der Waals surface area contributed by atoms with Crippen LogP contribution in [0.25, 0.3) is 5.69 Å². The van der Waals surface area contributed by atoms with Crippen LogP contribution in [0.1, 0.15) is 17.3 Å². The second-order valence-corrected chi connectivity index (χ2v) is 4.46. The van der Waals surface area contributed by atoms with Crippen LogP contribution < -0.4 is 0 Å². The Balaban J connectivity index is 2.44. The number of amides is 1. The SMILES string of the molecule is CCN(CCO)C(=O)c1cc(Cl)ccc1-n1cnnn1. The van der Waals surface area contributed by atoms with Crippen LogP contribution in [-0.2, 0) is 0 Å². The molecular weight excluding hydrogens is 282 g/mol. The lowest BCUT2D eigenvalue weighted by Gasteiger charge is -2.21. The van der Waals surface area contributed by atoms with Crippen molar-refractivity contribution in [3.05, 3.63) is 35.1 Å². The standard InChI is InChI=1S/C12H14ClN5O2/c1-2-17(5-6-19)12(20)10-7-9(13)3-4-11(10)18-8-14-15-16-18/h3-4,7-8,19H,2,5-6H2,1H3. The number of aromatic nitrogens is 4. The van der Waals surface area contributed by atoms with E-state index in [4.69, 9.17) is 16.7 Å². The van der Waals surface area contributed by atoms with E-state index in [2.05, 4.69) is 15.5 Å². The average molecular weight is 296 g/mol. The lowest BCUT2D eigenvalue weighted by Crippen LogP contribution is -2.34. The number of tetrazole rings is 1. The smallest absolute Gasteiger partial charge is 0.256 e. The number of carbonyl (C=O) groups is 1. The number of carbonyl (C=O) groups excluding carboxylic acids is 1. The molecular formula is C12H14ClN5O2. The predicted molar refractivity (Wildman–Crippen MR) is 72.8 cm³/mol. The molecule has 0 aliphatic heterocycles. The molecule has 0 fully saturated rings. The van der Waals surface area contributed by atoms with Gasteiger partial charge in [0.05, 0.1) is 17.9 Å². The molecule has 0 bridgehead atoms. The number of aliphatic hydroxyl groups is 1. The lowest BCUT2D eigenvalue weighted by molar-refractivity contribution is 0.0732. The van der Waals surface area contributed by atoms with Gasteiger partial charge in [-0.05, 0) is 35.5 Å². The quantitative estimate of drug-likeness (QED) is 0.881. The van der Waals surface area contributed by atoms with E-state index >= 15 is 0 Å². The molecule has 1 amide bonds. The molecule has 1 aromatic carbocycles. The van der Waals surface area contributed by atoms with Gasteiger partial charge in [0, 0.05) is 18.1 Å². The summed E-state index contributed by atoms with van der Waals surface area (Å²) in [6, 6.07) is 4.91. The fourth-order valence-electron chi connectivity index (χ4n) is 1.85. The molecule has 0 unspecified atom stereocenters. The van der Waals surface area contributed by atoms with Crippen molar-refractivity contribution in [2.75, 3.05) is 19.7 Å². The topological polar surface area (TPSA) is 84.1 Å². The first-order chi connectivity index (χ1) is 9.67. The van der Waals surface area contributed by atoms with E-state index in [1.54, 1.807) is 18.2 Å². The number of hydrogen-bond donors (Lipinski definition) is 1. The molecule has 1 N–H and O–H groups in total. The highest BCUT2D eigenvalue weighted by Gasteiger charge is 2.19. The molecule has 8 heteroatoms. The zero-order valence-electron chi connectivity index (χ0n) is 10.9. The summed E-state index contributed by atoms with van der Waals surface area (Å²) in [4.78, 5) is 14.0. The predicted octanol–water partition coefficient (Wildman–Crippen LogP) is 0.770. The molecule has 1 heterocycles. The van der Waals surface area contributed by atoms with Crippen molar-refractivity contribution in [3.63, 3.8) is 0 Å². The number of halogens is 1. The molecule has 0 aliphatic rings. The maximum atomic E-state index is 12.5. The van der Waals surface area contributed by atoms with Gasteiger partial charge in [0.1, 0.15) is 6.33 Å². The Kier molecular flexibility index (Phi) is 4.65. The summed E-state index contributed by atoms with van der Waals surface area (Å²) in [5.41, 5.74) is 0.931. The first-order valence-corrected chi connectivity index (χ1v) is 6.48. The fourth-order valence-corrected chi connectivity index (χ4v) is 2.02. The van der Waals surface area contributed by atoms with E-state index in [0.29, 0.717) is 22.8 Å². The average Bonchev–Trinajstić information content (AvgIpc) is 2.98. The van der Waals surface area contributed by atoms with Crippen molar-refractivity contribution in [2.24, 2.45) is 0 Å². The first-order valence-electron chi connectivity index (χ1n) is 6.10. The molecule has 0 saturated carbocycles. The summed E-state index contributed by atoms with van der Waals surface area (Å²) in [5.74, 6) is -0.227. The maximum Gasteiger partial charge on any atom is 0.256 e. The summed E-state index contributed by atoms with van der Waals surface area (Å²) in [7, 11) is 0. The van der Waals surface area contributed by atoms with Gasteiger partial charge >= 0.3 is 0 Å². The molecule has 1 aromatic heterocycles. The van der Waals surface area contributed by atoms with Crippen molar-refractivity contribution >= 4 is 17.5 Å². The van der Waals surface area contributed by atoms with E-state index in [0.717, 1.165) is 0 Å². The molecule has 20 heavy (non-hydrogen) atoms. The van der Waals surface area contributed by atoms with Crippen LogP contribution in [0.4, 0.5) is 0 Å². The lowest BCUT2D eigenvalue weighted by atomic mass is 10.1. The highest BCUT2D eigenvalue weighted by molar-refractivity contribution is 6.31. The Morgan fingerprint density at radius 3 is 2.90 bits per heavy atom. The summed E-state index contributed by atoms with van der Waals surface area (Å²) >= 11 is 5.97. The summed E-state index contributed by atoms with van der Waals surface area (Å²) in [5, 5.41) is 20.4. The van der Waals surface area contributed by atoms with Crippen molar-refractivity contribution in [2.45, 2.75) is 6.92 Å². The first kappa shape index (κ1) is 14.4. The number of aliphatic hydroxyl groups excluding tert-OH is 1. The highest BCUT2D eigenvalue weighted by atomic mass is 35.5. The van der Waals surface area contributed by atoms with Crippen molar-refractivity contribution in [1.29, 1.82) is 0 Å². The third kappa shape index (κ3) is 2.94. The van der Waals surface area contributed by atoms with Crippen LogP contribution in [-0.4, -0.2) is 55.8 Å². The Bertz CT molecular complexity index is 588. The van der Waals surface area contributed by atoms with Crippen molar-refractivity contribution in [3.8, 4) is 5.69 Å². The van der Waals surface area contributed by atoms with Gasteiger partial charge in [0.25, 0.3) is 5.91 Å². The molecule has 0 spiro atoms. The largest absolute Gasteiger partial charge is 0.395 e. The van der Waals surface area contributed by atoms with Crippen LogP contribution in [0.2, 0.25) is 5.02 Å². The van der Waals surface area contributed by atoms with Crippen molar-refractivity contribution in [1.82, 2.24) is 25.1 Å².